The van der Waals surface area contributed by atoms with Crippen molar-refractivity contribution in [1.29, 1.82) is 0 Å². The average molecular weight is 167 g/mol. The Labute approximate surface area is 69.3 Å². The van der Waals surface area contributed by atoms with Gasteiger partial charge in [-0.2, -0.15) is 0 Å². The summed E-state index contributed by atoms with van der Waals surface area (Å²) < 4.78 is 0. The third-order valence-electron chi connectivity index (χ3n) is 2.44. The number of nitrogens with one attached hydrogen (secondary N) is 1. The molecule has 0 saturated carbocycles. The Morgan fingerprint density at radius 3 is 3.00 bits per heavy atom. The third kappa shape index (κ3) is 0.754. The van der Waals surface area contributed by atoms with Gasteiger partial charge in [-0.15, -0.1) is 0 Å². The minimum absolute atomic E-state index is 0.355. The zero-order valence-electron chi connectivity index (χ0n) is 6.41. The Morgan fingerprint density at radius 2 is 2.33 bits per heavy atom. The number of hydrogen-bond acceptors (Lipinski definition) is 3. The molecule has 2 aliphatic rings. The predicted molar refractivity (Wildman–Crippen MR) is 40.0 cm³/mol. The van der Waals surface area contributed by atoms with E-state index >= 15 is 0 Å². The van der Waals surface area contributed by atoms with Gasteiger partial charge in [0.25, 0.3) is 5.91 Å². The zero-order valence-corrected chi connectivity index (χ0v) is 6.41. The lowest BCUT2D eigenvalue weighted by Gasteiger charge is -2.24. The Morgan fingerprint density at radius 1 is 1.58 bits per heavy atom. The Hall–Kier alpha value is -1.16. The van der Waals surface area contributed by atoms with Crippen molar-refractivity contribution in [1.82, 2.24) is 5.32 Å². The van der Waals surface area contributed by atoms with Gasteiger partial charge in [0.1, 0.15) is 0 Å². The van der Waals surface area contributed by atoms with Crippen molar-refractivity contribution in [3.05, 3.63) is 12.2 Å². The van der Waals surface area contributed by atoms with Crippen LogP contribution in [0.2, 0.25) is 0 Å². The molecule has 1 fully saturated rings. The highest BCUT2D eigenvalue weighted by atomic mass is 16.3. The van der Waals surface area contributed by atoms with Crippen molar-refractivity contribution in [3.63, 3.8) is 0 Å². The van der Waals surface area contributed by atoms with E-state index in [4.69, 9.17) is 0 Å². The van der Waals surface area contributed by atoms with Crippen LogP contribution in [0.3, 0.4) is 0 Å². The molecule has 1 saturated heterocycles. The summed E-state index contributed by atoms with van der Waals surface area (Å²) in [6.07, 6.45) is 4.44. The molecule has 4 nitrogen and oxygen atoms in total. The standard InChI is InChI=1S/C8H9NO3/c10-6-5-3-1-2-4-8(5,12)7(11)9-6/h2,4-5,12H,1,3H2,(H,9,10,11). The van der Waals surface area contributed by atoms with Gasteiger partial charge in [0.15, 0.2) is 5.60 Å². The van der Waals surface area contributed by atoms with Gasteiger partial charge in [-0.05, 0) is 18.9 Å². The molecule has 2 amide bonds. The summed E-state index contributed by atoms with van der Waals surface area (Å²) in [5.41, 5.74) is -1.56. The first kappa shape index (κ1) is 7.49. The van der Waals surface area contributed by atoms with E-state index in [0.717, 1.165) is 6.42 Å². The van der Waals surface area contributed by atoms with Crippen molar-refractivity contribution in [3.8, 4) is 0 Å². The molecule has 0 aromatic carbocycles. The molecule has 2 N–H and O–H groups in total. The van der Waals surface area contributed by atoms with Gasteiger partial charge in [-0.1, -0.05) is 6.08 Å². The lowest BCUT2D eigenvalue weighted by molar-refractivity contribution is -0.133. The number of amides is 2. The molecule has 2 atom stereocenters. The Balaban J connectivity index is 2.44. The van der Waals surface area contributed by atoms with Crippen LogP contribution in [0.5, 0.6) is 0 Å². The van der Waals surface area contributed by atoms with Crippen molar-refractivity contribution in [2.75, 3.05) is 0 Å². The molecule has 0 spiro atoms. The molecule has 1 aliphatic carbocycles. The van der Waals surface area contributed by atoms with E-state index in [1.165, 1.54) is 6.08 Å². The van der Waals surface area contributed by atoms with E-state index in [1.54, 1.807) is 6.08 Å². The number of fused-ring (bicyclic) bond motifs is 1. The second-order valence-corrected chi connectivity index (χ2v) is 3.18. The molecule has 0 aromatic rings. The Kier molecular flexibility index (Phi) is 1.35. The number of hydrogen-bond donors (Lipinski definition) is 2. The summed E-state index contributed by atoms with van der Waals surface area (Å²) in [7, 11) is 0. The largest absolute Gasteiger partial charge is 0.375 e. The van der Waals surface area contributed by atoms with Crippen LogP contribution in [-0.4, -0.2) is 22.5 Å². The van der Waals surface area contributed by atoms with Crippen LogP contribution in [0, 0.1) is 5.92 Å². The van der Waals surface area contributed by atoms with Gasteiger partial charge in [-0.3, -0.25) is 14.9 Å². The molecule has 2 rings (SSSR count). The van der Waals surface area contributed by atoms with E-state index < -0.39 is 17.4 Å². The summed E-state index contributed by atoms with van der Waals surface area (Å²) in [6.45, 7) is 0. The highest BCUT2D eigenvalue weighted by molar-refractivity contribution is 6.10. The molecular weight excluding hydrogens is 158 g/mol. The van der Waals surface area contributed by atoms with Gasteiger partial charge < -0.3 is 5.11 Å². The van der Waals surface area contributed by atoms with Gasteiger partial charge in [0, 0.05) is 0 Å². The fourth-order valence-corrected chi connectivity index (χ4v) is 1.73. The minimum Gasteiger partial charge on any atom is -0.375 e. The first-order valence-corrected chi connectivity index (χ1v) is 3.90. The Bertz CT molecular complexity index is 284. The fourth-order valence-electron chi connectivity index (χ4n) is 1.73. The van der Waals surface area contributed by atoms with Crippen molar-refractivity contribution in [2.24, 2.45) is 5.92 Å². The van der Waals surface area contributed by atoms with E-state index in [9.17, 15) is 14.7 Å². The van der Waals surface area contributed by atoms with E-state index in [2.05, 4.69) is 5.32 Å². The normalized spacial score (nSPS) is 39.6. The smallest absolute Gasteiger partial charge is 0.263 e. The van der Waals surface area contributed by atoms with Gasteiger partial charge in [-0.25, -0.2) is 0 Å². The van der Waals surface area contributed by atoms with Crippen LogP contribution in [0.25, 0.3) is 0 Å². The van der Waals surface area contributed by atoms with Crippen molar-refractivity contribution in [2.45, 2.75) is 18.4 Å². The van der Waals surface area contributed by atoms with Crippen LogP contribution in [0.4, 0.5) is 0 Å². The molecule has 0 radical (unpaired) electrons. The molecule has 64 valence electrons. The van der Waals surface area contributed by atoms with Gasteiger partial charge in [0.05, 0.1) is 5.92 Å². The molecule has 0 bridgehead atoms. The summed E-state index contributed by atoms with van der Waals surface area (Å²) in [5.74, 6) is -1.52. The van der Waals surface area contributed by atoms with Crippen LogP contribution in [0.15, 0.2) is 12.2 Å². The number of imide groups is 1. The summed E-state index contributed by atoms with van der Waals surface area (Å²) >= 11 is 0. The van der Waals surface area contributed by atoms with Crippen molar-refractivity contribution < 1.29 is 14.7 Å². The van der Waals surface area contributed by atoms with Crippen molar-refractivity contribution >= 4 is 11.8 Å². The zero-order chi connectivity index (χ0) is 8.77. The van der Waals surface area contributed by atoms with Crippen LogP contribution in [0.1, 0.15) is 12.8 Å². The third-order valence-corrected chi connectivity index (χ3v) is 2.44. The monoisotopic (exact) mass is 167 g/mol. The molecule has 0 aromatic heterocycles. The first-order chi connectivity index (χ1) is 5.64. The highest BCUT2D eigenvalue weighted by Crippen LogP contribution is 2.33. The maximum absolute atomic E-state index is 11.1. The second-order valence-electron chi connectivity index (χ2n) is 3.18. The molecule has 2 unspecified atom stereocenters. The van der Waals surface area contributed by atoms with Gasteiger partial charge in [0.2, 0.25) is 5.91 Å². The molecule has 12 heavy (non-hydrogen) atoms. The number of carbonyl (C=O) groups is 2. The van der Waals surface area contributed by atoms with Crippen LogP contribution < -0.4 is 5.32 Å². The number of aliphatic hydroxyl groups is 1. The van der Waals surface area contributed by atoms with E-state index in [1.807, 2.05) is 0 Å². The number of rotatable bonds is 0. The molecule has 1 heterocycles. The lowest BCUT2D eigenvalue weighted by atomic mass is 9.82. The highest BCUT2D eigenvalue weighted by Gasteiger charge is 2.53. The second kappa shape index (κ2) is 2.17. The summed E-state index contributed by atoms with van der Waals surface area (Å²) in [5, 5.41) is 11.9. The summed E-state index contributed by atoms with van der Waals surface area (Å²) in [6, 6.07) is 0. The SMILES string of the molecule is O=C1NC(=O)C2(O)C=CCCC12. The van der Waals surface area contributed by atoms with E-state index in [-0.39, 0.29) is 5.91 Å². The minimum atomic E-state index is -1.56. The molecular formula is C8H9NO3. The van der Waals surface area contributed by atoms with Crippen LogP contribution >= 0.6 is 0 Å². The quantitative estimate of drug-likeness (QED) is 0.372. The van der Waals surface area contributed by atoms with E-state index in [0.29, 0.717) is 6.42 Å². The topological polar surface area (TPSA) is 66.4 Å². The maximum atomic E-state index is 11.1. The molecule has 1 aliphatic heterocycles. The number of allylic oxidation sites excluding steroid dienone is 1. The molecule has 4 heteroatoms. The first-order valence-electron chi connectivity index (χ1n) is 3.90. The summed E-state index contributed by atoms with van der Waals surface area (Å²) in [4.78, 5) is 22.2. The van der Waals surface area contributed by atoms with Gasteiger partial charge >= 0.3 is 0 Å². The average Bonchev–Trinajstić information content (AvgIpc) is 2.25. The lowest BCUT2D eigenvalue weighted by Crippen LogP contribution is -2.41. The maximum Gasteiger partial charge on any atom is 0.263 e. The fraction of sp³-hybridized carbons (Fsp3) is 0.500. The predicted octanol–water partition coefficient (Wildman–Crippen LogP) is -0.660. The number of carbonyl (C=O) groups excluding carboxylic acids is 2. The van der Waals surface area contributed by atoms with Crippen LogP contribution in [-0.2, 0) is 9.59 Å².